The molecule has 0 spiro atoms. The zero-order chi connectivity index (χ0) is 17.1. The van der Waals surface area contributed by atoms with Crippen molar-refractivity contribution in [2.45, 2.75) is 19.8 Å². The van der Waals surface area contributed by atoms with Crippen LogP contribution in [0.15, 0.2) is 36.0 Å². The van der Waals surface area contributed by atoms with E-state index >= 15 is 0 Å². The number of ether oxygens (including phenoxy) is 1. The maximum Gasteiger partial charge on any atom is 0.277 e. The third kappa shape index (κ3) is 3.08. The molecular formula is C19H24N2O3. The SMILES string of the molecule is COCCN1C(=O)C(c2ccccc2)=C(N2CCC(C)CC2)C1=O. The number of rotatable bonds is 5. The molecule has 1 saturated heterocycles. The summed E-state index contributed by atoms with van der Waals surface area (Å²) in [5.74, 6) is 0.265. The van der Waals surface area contributed by atoms with Crippen molar-refractivity contribution in [3.8, 4) is 0 Å². The van der Waals surface area contributed by atoms with Gasteiger partial charge in [-0.2, -0.15) is 0 Å². The lowest BCUT2D eigenvalue weighted by Gasteiger charge is -2.32. The minimum atomic E-state index is -0.211. The minimum Gasteiger partial charge on any atom is -0.383 e. The molecule has 2 amide bonds. The fourth-order valence-corrected chi connectivity index (χ4v) is 3.34. The number of carbonyl (C=O) groups excluding carboxylic acids is 2. The van der Waals surface area contributed by atoms with Crippen LogP contribution < -0.4 is 0 Å². The molecule has 1 fully saturated rings. The predicted molar refractivity (Wildman–Crippen MR) is 91.9 cm³/mol. The number of piperidine rings is 1. The molecule has 0 aromatic heterocycles. The summed E-state index contributed by atoms with van der Waals surface area (Å²) in [7, 11) is 1.57. The van der Waals surface area contributed by atoms with E-state index in [-0.39, 0.29) is 18.4 Å². The highest BCUT2D eigenvalue weighted by Crippen LogP contribution is 2.33. The van der Waals surface area contributed by atoms with Gasteiger partial charge in [0.05, 0.1) is 18.7 Å². The Morgan fingerprint density at radius 3 is 2.38 bits per heavy atom. The molecular weight excluding hydrogens is 304 g/mol. The van der Waals surface area contributed by atoms with Crippen molar-refractivity contribution < 1.29 is 14.3 Å². The van der Waals surface area contributed by atoms with E-state index in [2.05, 4.69) is 11.8 Å². The van der Waals surface area contributed by atoms with E-state index in [1.54, 1.807) is 7.11 Å². The molecule has 3 rings (SSSR count). The number of hydrogen-bond donors (Lipinski definition) is 0. The maximum atomic E-state index is 12.9. The van der Waals surface area contributed by atoms with Gasteiger partial charge in [0.15, 0.2) is 0 Å². The fourth-order valence-electron chi connectivity index (χ4n) is 3.34. The average Bonchev–Trinajstić information content (AvgIpc) is 2.85. The van der Waals surface area contributed by atoms with Crippen molar-refractivity contribution in [1.29, 1.82) is 0 Å². The second-order valence-electron chi connectivity index (χ2n) is 6.51. The normalized spacial score (nSPS) is 19.6. The first-order valence-electron chi connectivity index (χ1n) is 8.53. The number of nitrogens with zero attached hydrogens (tertiary/aromatic N) is 2. The van der Waals surface area contributed by atoms with E-state index in [0.29, 0.717) is 23.8 Å². The van der Waals surface area contributed by atoms with Crippen LogP contribution in [0, 0.1) is 5.92 Å². The summed E-state index contributed by atoms with van der Waals surface area (Å²) in [5, 5.41) is 0. The lowest BCUT2D eigenvalue weighted by Crippen LogP contribution is -2.39. The van der Waals surface area contributed by atoms with E-state index in [0.717, 1.165) is 31.5 Å². The summed E-state index contributed by atoms with van der Waals surface area (Å²) in [6.07, 6.45) is 2.09. The largest absolute Gasteiger partial charge is 0.383 e. The number of likely N-dealkylation sites (tertiary alicyclic amines) is 1. The molecule has 2 aliphatic heterocycles. The smallest absolute Gasteiger partial charge is 0.277 e. The van der Waals surface area contributed by atoms with Gasteiger partial charge in [0.2, 0.25) is 0 Å². The molecule has 0 bridgehead atoms. The molecule has 0 aliphatic carbocycles. The van der Waals surface area contributed by atoms with Crippen molar-refractivity contribution in [3.05, 3.63) is 41.6 Å². The number of imide groups is 1. The van der Waals surface area contributed by atoms with E-state index in [1.807, 2.05) is 30.3 Å². The number of amides is 2. The maximum absolute atomic E-state index is 12.9. The lowest BCUT2D eigenvalue weighted by molar-refractivity contribution is -0.138. The predicted octanol–water partition coefficient (Wildman–Crippen LogP) is 2.14. The van der Waals surface area contributed by atoms with Crippen LogP contribution in [0.5, 0.6) is 0 Å². The van der Waals surface area contributed by atoms with Crippen molar-refractivity contribution >= 4 is 17.4 Å². The van der Waals surface area contributed by atoms with Crippen LogP contribution in [0.4, 0.5) is 0 Å². The van der Waals surface area contributed by atoms with Crippen LogP contribution in [0.2, 0.25) is 0 Å². The third-order valence-electron chi connectivity index (χ3n) is 4.82. The van der Waals surface area contributed by atoms with Gasteiger partial charge in [0, 0.05) is 20.2 Å². The van der Waals surface area contributed by atoms with Gasteiger partial charge in [-0.3, -0.25) is 14.5 Å². The van der Waals surface area contributed by atoms with Crippen LogP contribution in [0.3, 0.4) is 0 Å². The first-order chi connectivity index (χ1) is 11.6. The van der Waals surface area contributed by atoms with Gasteiger partial charge in [-0.05, 0) is 24.3 Å². The molecule has 24 heavy (non-hydrogen) atoms. The van der Waals surface area contributed by atoms with Crippen LogP contribution in [-0.2, 0) is 14.3 Å². The van der Waals surface area contributed by atoms with Crippen molar-refractivity contribution in [2.75, 3.05) is 33.4 Å². The Bertz CT molecular complexity index is 646. The van der Waals surface area contributed by atoms with Gasteiger partial charge in [-0.1, -0.05) is 37.3 Å². The van der Waals surface area contributed by atoms with Crippen LogP contribution in [-0.4, -0.2) is 55.0 Å². The second-order valence-corrected chi connectivity index (χ2v) is 6.51. The summed E-state index contributed by atoms with van der Waals surface area (Å²) in [4.78, 5) is 29.3. The van der Waals surface area contributed by atoms with E-state index < -0.39 is 0 Å². The number of benzene rings is 1. The van der Waals surface area contributed by atoms with Gasteiger partial charge in [-0.25, -0.2) is 0 Å². The van der Waals surface area contributed by atoms with Crippen molar-refractivity contribution in [1.82, 2.24) is 9.80 Å². The first-order valence-corrected chi connectivity index (χ1v) is 8.53. The van der Waals surface area contributed by atoms with Gasteiger partial charge in [0.25, 0.3) is 11.8 Å². The lowest BCUT2D eigenvalue weighted by atomic mass is 9.97. The zero-order valence-electron chi connectivity index (χ0n) is 14.3. The summed E-state index contributed by atoms with van der Waals surface area (Å²) in [5.41, 5.74) is 1.91. The molecule has 0 saturated carbocycles. The monoisotopic (exact) mass is 328 g/mol. The van der Waals surface area contributed by atoms with Crippen molar-refractivity contribution in [2.24, 2.45) is 5.92 Å². The molecule has 5 nitrogen and oxygen atoms in total. The van der Waals surface area contributed by atoms with Crippen molar-refractivity contribution in [3.63, 3.8) is 0 Å². The number of methoxy groups -OCH3 is 1. The molecule has 0 unspecified atom stereocenters. The first kappa shape index (κ1) is 16.7. The summed E-state index contributed by atoms with van der Waals surface area (Å²) in [6.45, 7) is 4.52. The van der Waals surface area contributed by atoms with Gasteiger partial charge in [-0.15, -0.1) is 0 Å². The Morgan fingerprint density at radius 2 is 1.75 bits per heavy atom. The Kier molecular flexibility index (Phi) is 5.00. The third-order valence-corrected chi connectivity index (χ3v) is 4.82. The Hall–Kier alpha value is -2.14. The molecule has 128 valence electrons. The van der Waals surface area contributed by atoms with Crippen LogP contribution in [0.25, 0.3) is 5.57 Å². The summed E-state index contributed by atoms with van der Waals surface area (Å²) < 4.78 is 5.06. The summed E-state index contributed by atoms with van der Waals surface area (Å²) >= 11 is 0. The van der Waals surface area contributed by atoms with Crippen LogP contribution in [0.1, 0.15) is 25.3 Å². The molecule has 0 radical (unpaired) electrons. The topological polar surface area (TPSA) is 49.9 Å². The molecule has 2 heterocycles. The van der Waals surface area contributed by atoms with Gasteiger partial charge in [0.1, 0.15) is 5.70 Å². The quantitative estimate of drug-likeness (QED) is 0.777. The molecule has 1 aromatic carbocycles. The fraction of sp³-hybridized carbons (Fsp3) is 0.474. The van der Waals surface area contributed by atoms with Crippen LogP contribution >= 0.6 is 0 Å². The molecule has 0 N–H and O–H groups in total. The van der Waals surface area contributed by atoms with E-state index in [1.165, 1.54) is 4.90 Å². The zero-order valence-corrected chi connectivity index (χ0v) is 14.3. The summed E-state index contributed by atoms with van der Waals surface area (Å²) in [6, 6.07) is 9.50. The van der Waals surface area contributed by atoms with Gasteiger partial charge >= 0.3 is 0 Å². The molecule has 1 aromatic rings. The average molecular weight is 328 g/mol. The minimum absolute atomic E-state index is 0.189. The standard InChI is InChI=1S/C19H24N2O3/c1-14-8-10-20(11-9-14)17-16(15-6-4-3-5-7-15)18(22)21(19(17)23)12-13-24-2/h3-7,14H,8-13H2,1-2H3. The van der Waals surface area contributed by atoms with E-state index in [4.69, 9.17) is 4.74 Å². The highest BCUT2D eigenvalue weighted by atomic mass is 16.5. The molecule has 0 atom stereocenters. The number of hydrogen-bond acceptors (Lipinski definition) is 4. The van der Waals surface area contributed by atoms with Gasteiger partial charge < -0.3 is 9.64 Å². The highest BCUT2D eigenvalue weighted by molar-refractivity contribution is 6.35. The molecule has 2 aliphatic rings. The Labute approximate surface area is 142 Å². The molecule has 5 heteroatoms. The number of carbonyl (C=O) groups is 2. The van der Waals surface area contributed by atoms with E-state index in [9.17, 15) is 9.59 Å². The Morgan fingerprint density at radius 1 is 1.08 bits per heavy atom. The highest BCUT2D eigenvalue weighted by Gasteiger charge is 2.41. The second kappa shape index (κ2) is 7.18. The Balaban J connectivity index is 1.98.